The SMILES string of the molecule is CCCCCCN1N=C(C)[C@H](C(=O)c2ccc(C(=O)[C@@H]3C(=O)N(CCCCCC)N=C3C)cc2)C1=O. The largest absolute Gasteiger partial charge is 0.293 e. The number of hydrogen-bond acceptors (Lipinski definition) is 6. The first-order valence-corrected chi connectivity index (χ1v) is 13.2. The minimum absolute atomic E-state index is 0.295. The number of benzene rings is 1. The summed E-state index contributed by atoms with van der Waals surface area (Å²) in [4.78, 5) is 51.9. The van der Waals surface area contributed by atoms with Crippen LogP contribution in [0.3, 0.4) is 0 Å². The van der Waals surface area contributed by atoms with E-state index < -0.39 is 11.8 Å². The molecule has 2 aliphatic rings. The Hall–Kier alpha value is -3.16. The van der Waals surface area contributed by atoms with Crippen LogP contribution < -0.4 is 0 Å². The summed E-state index contributed by atoms with van der Waals surface area (Å²) in [6, 6.07) is 6.20. The highest BCUT2D eigenvalue weighted by atomic mass is 16.2. The highest BCUT2D eigenvalue weighted by molar-refractivity contribution is 6.28. The van der Waals surface area contributed by atoms with Crippen LogP contribution in [-0.4, -0.2) is 57.9 Å². The third-order valence-electron chi connectivity index (χ3n) is 6.82. The Labute approximate surface area is 213 Å². The van der Waals surface area contributed by atoms with Gasteiger partial charge >= 0.3 is 0 Å². The van der Waals surface area contributed by atoms with E-state index in [0.717, 1.165) is 51.4 Å². The van der Waals surface area contributed by atoms with Gasteiger partial charge in [0.1, 0.15) is 11.8 Å². The second-order valence-corrected chi connectivity index (χ2v) is 9.70. The van der Waals surface area contributed by atoms with Gasteiger partial charge < -0.3 is 0 Å². The van der Waals surface area contributed by atoms with Crippen molar-refractivity contribution >= 4 is 34.8 Å². The Morgan fingerprint density at radius 3 is 1.36 bits per heavy atom. The van der Waals surface area contributed by atoms with Gasteiger partial charge in [0.15, 0.2) is 11.6 Å². The summed E-state index contributed by atoms with van der Waals surface area (Å²) >= 11 is 0. The number of carbonyl (C=O) groups excluding carboxylic acids is 4. The molecule has 0 fully saturated rings. The molecule has 0 aliphatic carbocycles. The second-order valence-electron chi connectivity index (χ2n) is 9.70. The van der Waals surface area contributed by atoms with Crippen LogP contribution in [-0.2, 0) is 9.59 Å². The van der Waals surface area contributed by atoms with Crippen LogP contribution in [0.15, 0.2) is 34.5 Å². The van der Waals surface area contributed by atoms with Crippen LogP contribution >= 0.6 is 0 Å². The summed E-state index contributed by atoms with van der Waals surface area (Å²) in [5.41, 5.74) is 1.66. The van der Waals surface area contributed by atoms with Crippen molar-refractivity contribution in [3.63, 3.8) is 0 Å². The van der Waals surface area contributed by atoms with Gasteiger partial charge in [-0.05, 0) is 26.7 Å². The van der Waals surface area contributed by atoms with Crippen LogP contribution in [0.2, 0.25) is 0 Å². The van der Waals surface area contributed by atoms with Gasteiger partial charge in [-0.25, -0.2) is 10.0 Å². The Morgan fingerprint density at radius 2 is 1.03 bits per heavy atom. The maximum absolute atomic E-state index is 13.1. The van der Waals surface area contributed by atoms with E-state index in [2.05, 4.69) is 24.1 Å². The van der Waals surface area contributed by atoms with E-state index >= 15 is 0 Å². The summed E-state index contributed by atoms with van der Waals surface area (Å²) in [6.07, 6.45) is 8.17. The smallest absolute Gasteiger partial charge is 0.259 e. The third kappa shape index (κ3) is 6.15. The van der Waals surface area contributed by atoms with Gasteiger partial charge in [0, 0.05) is 24.2 Å². The summed E-state index contributed by atoms with van der Waals surface area (Å²) in [6.45, 7) is 8.68. The van der Waals surface area contributed by atoms with Crippen LogP contribution in [0.1, 0.15) is 99.8 Å². The van der Waals surface area contributed by atoms with Crippen molar-refractivity contribution in [2.75, 3.05) is 13.1 Å². The molecule has 8 heteroatoms. The minimum Gasteiger partial charge on any atom is -0.293 e. The van der Waals surface area contributed by atoms with Gasteiger partial charge in [-0.15, -0.1) is 0 Å². The fourth-order valence-electron chi connectivity index (χ4n) is 4.68. The van der Waals surface area contributed by atoms with Crippen LogP contribution in [0.25, 0.3) is 0 Å². The number of hydrogen-bond donors (Lipinski definition) is 0. The molecule has 0 unspecified atom stereocenters. The Bertz CT molecular complexity index is 961. The molecule has 0 aromatic heterocycles. The van der Waals surface area contributed by atoms with Gasteiger partial charge in [0.2, 0.25) is 0 Å². The maximum atomic E-state index is 13.1. The number of carbonyl (C=O) groups is 4. The Balaban J connectivity index is 1.62. The molecular formula is C28H38N4O4. The van der Waals surface area contributed by atoms with Crippen LogP contribution in [0.4, 0.5) is 0 Å². The van der Waals surface area contributed by atoms with Crippen molar-refractivity contribution in [2.45, 2.75) is 79.1 Å². The lowest BCUT2D eigenvalue weighted by atomic mass is 9.90. The van der Waals surface area contributed by atoms with Gasteiger partial charge in [-0.2, -0.15) is 10.2 Å². The molecule has 0 spiro atoms. The average Bonchev–Trinajstić information content (AvgIpc) is 3.31. The molecular weight excluding hydrogens is 456 g/mol. The summed E-state index contributed by atoms with van der Waals surface area (Å²) in [7, 11) is 0. The van der Waals surface area contributed by atoms with E-state index in [1.165, 1.54) is 10.0 Å². The number of nitrogens with zero attached hydrogens (tertiary/aromatic N) is 4. The molecule has 36 heavy (non-hydrogen) atoms. The number of hydrazone groups is 2. The number of rotatable bonds is 14. The van der Waals surface area contributed by atoms with E-state index in [1.54, 1.807) is 38.1 Å². The van der Waals surface area contributed by atoms with Crippen molar-refractivity contribution in [3.05, 3.63) is 35.4 Å². The van der Waals surface area contributed by atoms with E-state index in [1.807, 2.05) is 0 Å². The molecule has 1 aromatic carbocycles. The normalized spacial score (nSPS) is 19.7. The number of amides is 2. The van der Waals surface area contributed by atoms with Gasteiger partial charge in [0.05, 0.1) is 11.4 Å². The molecule has 2 aliphatic heterocycles. The topological polar surface area (TPSA) is 99.5 Å². The fourth-order valence-corrected chi connectivity index (χ4v) is 4.68. The fraction of sp³-hybridized carbons (Fsp3) is 0.571. The molecule has 194 valence electrons. The van der Waals surface area contributed by atoms with E-state index in [9.17, 15) is 19.2 Å². The first kappa shape index (κ1) is 27.4. The lowest BCUT2D eigenvalue weighted by Crippen LogP contribution is -2.34. The van der Waals surface area contributed by atoms with E-state index in [-0.39, 0.29) is 23.4 Å². The lowest BCUT2D eigenvalue weighted by molar-refractivity contribution is -0.131. The van der Waals surface area contributed by atoms with Crippen molar-refractivity contribution < 1.29 is 19.2 Å². The van der Waals surface area contributed by atoms with Crippen molar-refractivity contribution in [2.24, 2.45) is 22.0 Å². The quantitative estimate of drug-likeness (QED) is 0.209. The lowest BCUT2D eigenvalue weighted by Gasteiger charge is -2.15. The van der Waals surface area contributed by atoms with Crippen LogP contribution in [0, 0.1) is 11.8 Å². The molecule has 0 saturated carbocycles. The second kappa shape index (κ2) is 12.7. The molecule has 0 bridgehead atoms. The van der Waals surface area contributed by atoms with Crippen molar-refractivity contribution in [1.29, 1.82) is 0 Å². The highest BCUT2D eigenvalue weighted by Crippen LogP contribution is 2.24. The summed E-state index contributed by atoms with van der Waals surface area (Å²) < 4.78 is 0. The number of ketones is 2. The molecule has 2 amide bonds. The average molecular weight is 495 g/mol. The monoisotopic (exact) mass is 494 g/mol. The van der Waals surface area contributed by atoms with Gasteiger partial charge in [-0.1, -0.05) is 76.6 Å². The Morgan fingerprint density at radius 1 is 0.667 bits per heavy atom. The minimum atomic E-state index is -0.926. The predicted octanol–water partition coefficient (Wildman–Crippen LogP) is 4.88. The van der Waals surface area contributed by atoms with Gasteiger partial charge in [-0.3, -0.25) is 19.2 Å². The first-order valence-electron chi connectivity index (χ1n) is 13.2. The van der Waals surface area contributed by atoms with Gasteiger partial charge in [0.25, 0.3) is 11.8 Å². The zero-order valence-electron chi connectivity index (χ0n) is 22.0. The molecule has 8 nitrogen and oxygen atoms in total. The molecule has 0 radical (unpaired) electrons. The molecule has 0 saturated heterocycles. The maximum Gasteiger partial charge on any atom is 0.259 e. The summed E-state index contributed by atoms with van der Waals surface area (Å²) in [5.74, 6) is -3.10. The highest BCUT2D eigenvalue weighted by Gasteiger charge is 2.40. The van der Waals surface area contributed by atoms with Crippen molar-refractivity contribution in [1.82, 2.24) is 10.0 Å². The third-order valence-corrected chi connectivity index (χ3v) is 6.82. The predicted molar refractivity (Wildman–Crippen MR) is 140 cm³/mol. The van der Waals surface area contributed by atoms with Crippen molar-refractivity contribution in [3.8, 4) is 0 Å². The summed E-state index contributed by atoms with van der Waals surface area (Å²) in [5, 5.41) is 11.5. The zero-order chi connectivity index (χ0) is 26.2. The first-order chi connectivity index (χ1) is 17.3. The van der Waals surface area contributed by atoms with E-state index in [0.29, 0.717) is 35.6 Å². The molecule has 2 atom stereocenters. The standard InChI is InChI=1S/C28H38N4O4/c1-5-7-9-11-17-31-27(35)23(19(3)29-31)25(33)21-13-15-22(16-14-21)26(34)24-20(4)30-32(28(24)36)18-12-10-8-6-2/h13-16,23-24H,5-12,17-18H2,1-4H3/t23-,24-/m1/s1. The molecule has 2 heterocycles. The number of unbranched alkanes of at least 4 members (excludes halogenated alkanes) is 6. The molecule has 3 rings (SSSR count). The number of Topliss-reactive ketones (excluding diaryl/α,β-unsaturated/α-hetero) is 2. The van der Waals surface area contributed by atoms with Crippen LogP contribution in [0.5, 0.6) is 0 Å². The molecule has 0 N–H and O–H groups in total. The van der Waals surface area contributed by atoms with E-state index in [4.69, 9.17) is 0 Å². The molecule has 1 aromatic rings. The Kier molecular flexibility index (Phi) is 9.67. The zero-order valence-corrected chi connectivity index (χ0v) is 22.0.